The highest BCUT2D eigenvalue weighted by Gasteiger charge is 2.20. The molecule has 0 saturated heterocycles. The van der Waals surface area contributed by atoms with Gasteiger partial charge < -0.3 is 10.2 Å². The lowest BCUT2D eigenvalue weighted by Crippen LogP contribution is -2.10. The summed E-state index contributed by atoms with van der Waals surface area (Å²) < 4.78 is 1.52. The van der Waals surface area contributed by atoms with E-state index in [4.69, 9.17) is 5.11 Å². The predicted molar refractivity (Wildman–Crippen MR) is 68.7 cm³/mol. The van der Waals surface area contributed by atoms with Crippen LogP contribution in [0.1, 0.15) is 23.8 Å². The molecule has 19 heavy (non-hydrogen) atoms. The van der Waals surface area contributed by atoms with Crippen LogP contribution >= 0.6 is 0 Å². The molecule has 1 atom stereocenters. The summed E-state index contributed by atoms with van der Waals surface area (Å²) >= 11 is 0. The summed E-state index contributed by atoms with van der Waals surface area (Å²) in [6, 6.07) is 9.13. The molecule has 0 saturated carbocycles. The van der Waals surface area contributed by atoms with E-state index in [9.17, 15) is 9.90 Å². The lowest BCUT2D eigenvalue weighted by atomic mass is 10.1. The maximum atomic E-state index is 11.2. The molecule has 2 rings (SSSR count). The molecule has 2 aromatic rings. The third-order valence-electron chi connectivity index (χ3n) is 2.74. The van der Waals surface area contributed by atoms with Crippen molar-refractivity contribution in [3.63, 3.8) is 0 Å². The first-order chi connectivity index (χ1) is 9.09. The van der Waals surface area contributed by atoms with E-state index in [1.807, 2.05) is 30.3 Å². The van der Waals surface area contributed by atoms with E-state index in [-0.39, 0.29) is 5.69 Å². The Morgan fingerprint density at radius 2 is 2.05 bits per heavy atom. The second-order valence-electron chi connectivity index (χ2n) is 4.32. The molecule has 0 aliphatic rings. The SMILES string of the molecule is CC(O)CCn1nnc(C(=O)O)c1-c1ccccc1. The van der Waals surface area contributed by atoms with E-state index >= 15 is 0 Å². The monoisotopic (exact) mass is 261 g/mol. The molecule has 0 bridgehead atoms. The van der Waals surface area contributed by atoms with Gasteiger partial charge in [0.15, 0.2) is 5.69 Å². The maximum Gasteiger partial charge on any atom is 0.358 e. The van der Waals surface area contributed by atoms with E-state index in [2.05, 4.69) is 10.3 Å². The molecule has 0 spiro atoms. The summed E-state index contributed by atoms with van der Waals surface area (Å²) in [5.74, 6) is -1.11. The number of rotatable bonds is 5. The fraction of sp³-hybridized carbons (Fsp3) is 0.308. The Kier molecular flexibility index (Phi) is 3.91. The summed E-state index contributed by atoms with van der Waals surface area (Å²) in [5, 5.41) is 26.0. The standard InChI is InChI=1S/C13H15N3O3/c1-9(17)7-8-16-12(10-5-3-2-4-6-10)11(13(18)19)14-15-16/h2-6,9,17H,7-8H2,1H3,(H,18,19). The summed E-state index contributed by atoms with van der Waals surface area (Å²) in [6.45, 7) is 2.10. The van der Waals surface area contributed by atoms with Crippen molar-refractivity contribution in [1.82, 2.24) is 15.0 Å². The fourth-order valence-electron chi connectivity index (χ4n) is 1.80. The number of carbonyl (C=O) groups is 1. The molecular weight excluding hydrogens is 246 g/mol. The number of hydrogen-bond donors (Lipinski definition) is 2. The molecule has 1 aromatic heterocycles. The van der Waals surface area contributed by atoms with Crippen LogP contribution in [0.2, 0.25) is 0 Å². The third kappa shape index (κ3) is 2.97. The largest absolute Gasteiger partial charge is 0.476 e. The van der Waals surface area contributed by atoms with Crippen LogP contribution in [0.3, 0.4) is 0 Å². The molecule has 0 radical (unpaired) electrons. The number of aliphatic hydroxyl groups is 1. The normalized spacial score (nSPS) is 12.3. The number of hydrogen-bond acceptors (Lipinski definition) is 4. The van der Waals surface area contributed by atoms with Crippen LogP contribution in [0.4, 0.5) is 0 Å². The van der Waals surface area contributed by atoms with Crippen molar-refractivity contribution in [2.75, 3.05) is 0 Å². The Hall–Kier alpha value is -2.21. The average molecular weight is 261 g/mol. The van der Waals surface area contributed by atoms with Gasteiger partial charge >= 0.3 is 5.97 Å². The summed E-state index contributed by atoms with van der Waals surface area (Å²) in [4.78, 5) is 11.2. The number of aromatic carboxylic acids is 1. The van der Waals surface area contributed by atoms with Gasteiger partial charge in [0.2, 0.25) is 0 Å². The minimum absolute atomic E-state index is 0.0724. The van der Waals surface area contributed by atoms with Crippen molar-refractivity contribution in [3.05, 3.63) is 36.0 Å². The fourth-order valence-corrected chi connectivity index (χ4v) is 1.80. The summed E-state index contributed by atoms with van der Waals surface area (Å²) in [5.41, 5.74) is 1.14. The van der Waals surface area contributed by atoms with Gasteiger partial charge in [0.1, 0.15) is 5.69 Å². The van der Waals surface area contributed by atoms with Crippen LogP contribution in [0.5, 0.6) is 0 Å². The highest BCUT2D eigenvalue weighted by atomic mass is 16.4. The Morgan fingerprint density at radius 1 is 1.37 bits per heavy atom. The molecule has 100 valence electrons. The van der Waals surface area contributed by atoms with Crippen molar-refractivity contribution >= 4 is 5.97 Å². The van der Waals surface area contributed by atoms with Crippen LogP contribution in [0.15, 0.2) is 30.3 Å². The van der Waals surface area contributed by atoms with E-state index in [1.54, 1.807) is 6.92 Å². The molecule has 0 aliphatic carbocycles. The number of benzene rings is 1. The van der Waals surface area contributed by atoms with E-state index in [1.165, 1.54) is 4.68 Å². The van der Waals surface area contributed by atoms with Crippen molar-refractivity contribution < 1.29 is 15.0 Å². The lowest BCUT2D eigenvalue weighted by Gasteiger charge is -2.08. The van der Waals surface area contributed by atoms with Gasteiger partial charge in [-0.2, -0.15) is 0 Å². The van der Waals surface area contributed by atoms with E-state index in [0.29, 0.717) is 18.7 Å². The number of nitrogens with zero attached hydrogens (tertiary/aromatic N) is 3. The van der Waals surface area contributed by atoms with Crippen molar-refractivity contribution in [2.24, 2.45) is 0 Å². The van der Waals surface area contributed by atoms with Gasteiger partial charge in [-0.05, 0) is 13.3 Å². The van der Waals surface area contributed by atoms with Gasteiger partial charge in [-0.1, -0.05) is 35.5 Å². The van der Waals surface area contributed by atoms with Crippen LogP contribution in [0.25, 0.3) is 11.3 Å². The van der Waals surface area contributed by atoms with Crippen molar-refractivity contribution in [2.45, 2.75) is 26.0 Å². The molecule has 1 aromatic carbocycles. The van der Waals surface area contributed by atoms with Gasteiger partial charge in [0.25, 0.3) is 0 Å². The zero-order chi connectivity index (χ0) is 13.8. The zero-order valence-electron chi connectivity index (χ0n) is 10.5. The Bertz CT molecular complexity index is 564. The van der Waals surface area contributed by atoms with Gasteiger partial charge in [-0.25, -0.2) is 9.48 Å². The molecule has 0 fully saturated rings. The molecule has 0 amide bonds. The molecule has 1 heterocycles. The number of aromatic nitrogens is 3. The van der Waals surface area contributed by atoms with Crippen LogP contribution in [-0.4, -0.2) is 37.3 Å². The van der Waals surface area contributed by atoms with Crippen LogP contribution in [0, 0.1) is 0 Å². The van der Waals surface area contributed by atoms with Crippen molar-refractivity contribution in [1.29, 1.82) is 0 Å². The highest BCUT2D eigenvalue weighted by Crippen LogP contribution is 2.22. The van der Waals surface area contributed by atoms with E-state index < -0.39 is 12.1 Å². The number of aryl methyl sites for hydroxylation is 1. The summed E-state index contributed by atoms with van der Waals surface area (Å²) in [7, 11) is 0. The summed E-state index contributed by atoms with van der Waals surface area (Å²) in [6.07, 6.45) is 0.0171. The zero-order valence-corrected chi connectivity index (χ0v) is 10.5. The topological polar surface area (TPSA) is 88.2 Å². The van der Waals surface area contributed by atoms with Crippen LogP contribution < -0.4 is 0 Å². The number of carboxylic acid groups (broad SMARTS) is 1. The first kappa shape index (κ1) is 13.2. The Morgan fingerprint density at radius 3 is 2.63 bits per heavy atom. The first-order valence-corrected chi connectivity index (χ1v) is 6.00. The Balaban J connectivity index is 2.42. The maximum absolute atomic E-state index is 11.2. The second-order valence-corrected chi connectivity index (χ2v) is 4.32. The molecule has 0 aliphatic heterocycles. The van der Waals surface area contributed by atoms with Crippen molar-refractivity contribution in [3.8, 4) is 11.3 Å². The van der Waals surface area contributed by atoms with Gasteiger partial charge in [-0.15, -0.1) is 5.10 Å². The van der Waals surface area contributed by atoms with Gasteiger partial charge in [-0.3, -0.25) is 0 Å². The van der Waals surface area contributed by atoms with Crippen LogP contribution in [-0.2, 0) is 6.54 Å². The number of aliphatic hydroxyl groups excluding tert-OH is 1. The molecule has 6 nitrogen and oxygen atoms in total. The third-order valence-corrected chi connectivity index (χ3v) is 2.74. The van der Waals surface area contributed by atoms with Gasteiger partial charge in [0.05, 0.1) is 6.10 Å². The second kappa shape index (κ2) is 5.62. The minimum atomic E-state index is -1.11. The average Bonchev–Trinajstić information content (AvgIpc) is 2.81. The quantitative estimate of drug-likeness (QED) is 0.849. The van der Waals surface area contributed by atoms with Gasteiger partial charge in [0, 0.05) is 12.1 Å². The number of carboxylic acids is 1. The predicted octanol–water partition coefficient (Wildman–Crippen LogP) is 1.41. The smallest absolute Gasteiger partial charge is 0.358 e. The molecule has 2 N–H and O–H groups in total. The Labute approximate surface area is 110 Å². The minimum Gasteiger partial charge on any atom is -0.476 e. The van der Waals surface area contributed by atoms with E-state index in [0.717, 1.165) is 5.56 Å². The molecule has 1 unspecified atom stereocenters. The first-order valence-electron chi connectivity index (χ1n) is 6.00. The lowest BCUT2D eigenvalue weighted by molar-refractivity contribution is 0.0691. The molecular formula is C13H15N3O3. The highest BCUT2D eigenvalue weighted by molar-refractivity contribution is 5.92. The molecule has 6 heteroatoms.